The molecule has 27 heavy (non-hydrogen) atoms. The molecular formula is C21H28N2O3S. The second-order valence-electron chi connectivity index (χ2n) is 6.23. The zero-order valence-electron chi connectivity index (χ0n) is 16.7. The predicted octanol–water partition coefficient (Wildman–Crippen LogP) is 5.10. The molecule has 0 spiro atoms. The van der Waals surface area contributed by atoms with E-state index < -0.39 is 0 Å². The van der Waals surface area contributed by atoms with Gasteiger partial charge in [-0.25, -0.2) is 4.98 Å². The van der Waals surface area contributed by atoms with Crippen LogP contribution in [0.2, 0.25) is 0 Å². The summed E-state index contributed by atoms with van der Waals surface area (Å²) in [7, 11) is 1.53. The second-order valence-corrected chi connectivity index (χ2v) is 7.05. The maximum atomic E-state index is 5.78. The summed E-state index contributed by atoms with van der Waals surface area (Å²) in [5, 5.41) is 6.47. The van der Waals surface area contributed by atoms with Crippen LogP contribution in [0.4, 0.5) is 0 Å². The number of benzene rings is 1. The second kappa shape index (κ2) is 10.7. The van der Waals surface area contributed by atoms with Gasteiger partial charge in [-0.05, 0) is 69.4 Å². The van der Waals surface area contributed by atoms with E-state index in [-0.39, 0.29) is 0 Å². The highest BCUT2D eigenvalue weighted by Crippen LogP contribution is 2.24. The molecule has 1 aromatic heterocycles. The van der Waals surface area contributed by atoms with Crippen LogP contribution in [-0.4, -0.2) is 31.0 Å². The minimum atomic E-state index is 0.604. The van der Waals surface area contributed by atoms with Crippen LogP contribution in [0.5, 0.6) is 10.9 Å². The lowest BCUT2D eigenvalue weighted by atomic mass is 9.98. The molecule has 0 N–H and O–H groups in total. The van der Waals surface area contributed by atoms with Gasteiger partial charge in [0.15, 0.2) is 0 Å². The molecule has 0 amide bonds. The molecule has 0 aliphatic heterocycles. The molecule has 0 aliphatic rings. The highest BCUT2D eigenvalue weighted by molar-refractivity contribution is 7.11. The van der Waals surface area contributed by atoms with E-state index in [0.29, 0.717) is 18.4 Å². The zero-order valence-corrected chi connectivity index (χ0v) is 17.6. The minimum absolute atomic E-state index is 0.604. The maximum Gasteiger partial charge on any atom is 0.273 e. The molecule has 0 atom stereocenters. The smallest absolute Gasteiger partial charge is 0.273 e. The number of allylic oxidation sites excluding steroid dienone is 1. The molecule has 0 radical (unpaired) electrons. The van der Waals surface area contributed by atoms with Crippen molar-refractivity contribution in [1.29, 1.82) is 0 Å². The van der Waals surface area contributed by atoms with Crippen molar-refractivity contribution in [3.05, 3.63) is 52.0 Å². The van der Waals surface area contributed by atoms with Crippen molar-refractivity contribution in [2.24, 2.45) is 5.16 Å². The number of oxime groups is 1. The Hall–Kier alpha value is -2.34. The summed E-state index contributed by atoms with van der Waals surface area (Å²) in [5.74, 6) is 0.923. The van der Waals surface area contributed by atoms with Crippen molar-refractivity contribution in [2.45, 2.75) is 40.5 Å². The van der Waals surface area contributed by atoms with Crippen LogP contribution in [0.1, 0.15) is 42.7 Å². The van der Waals surface area contributed by atoms with Crippen molar-refractivity contribution in [3.8, 4) is 10.9 Å². The van der Waals surface area contributed by atoms with E-state index in [1.807, 2.05) is 31.4 Å². The summed E-state index contributed by atoms with van der Waals surface area (Å²) in [4.78, 5) is 9.19. The molecule has 146 valence electrons. The van der Waals surface area contributed by atoms with Gasteiger partial charge in [-0.15, -0.1) is 0 Å². The third-order valence-electron chi connectivity index (χ3n) is 4.13. The normalized spacial score (nSPS) is 11.8. The largest absolute Gasteiger partial charge is 0.490 e. The first kappa shape index (κ1) is 21.0. The van der Waals surface area contributed by atoms with E-state index in [2.05, 4.69) is 36.1 Å². The van der Waals surface area contributed by atoms with Gasteiger partial charge in [0.25, 0.3) is 5.19 Å². The number of aryl methyl sites for hydroxylation is 2. The van der Waals surface area contributed by atoms with Crippen LogP contribution < -0.4 is 9.47 Å². The number of rotatable bonds is 10. The van der Waals surface area contributed by atoms with E-state index in [9.17, 15) is 0 Å². The van der Waals surface area contributed by atoms with Crippen molar-refractivity contribution in [3.63, 3.8) is 0 Å². The van der Waals surface area contributed by atoms with Crippen LogP contribution in [0.25, 0.3) is 0 Å². The minimum Gasteiger partial charge on any atom is -0.490 e. The fourth-order valence-corrected chi connectivity index (χ4v) is 3.49. The Morgan fingerprint density at radius 1 is 1.22 bits per heavy atom. The molecule has 1 heterocycles. The first-order chi connectivity index (χ1) is 13.0. The first-order valence-corrected chi connectivity index (χ1v) is 9.93. The standard InChI is InChI=1S/C21H28N2O3S/c1-6-7-10-25-18-12-15(2)19(16(3)13-18)9-8-11-26-21-22-20(14-27-21)17(4)23-24-5/h6-7,12-14H,8-11H2,1-5H3/b7-6+,23-17?. The molecule has 0 aliphatic carbocycles. The van der Waals surface area contributed by atoms with E-state index in [1.54, 1.807) is 0 Å². The zero-order chi connectivity index (χ0) is 19.6. The number of aromatic nitrogens is 1. The van der Waals surface area contributed by atoms with Gasteiger partial charge in [0, 0.05) is 5.38 Å². The molecule has 0 saturated heterocycles. The van der Waals surface area contributed by atoms with Gasteiger partial charge < -0.3 is 14.3 Å². The lowest BCUT2D eigenvalue weighted by Gasteiger charge is -2.13. The van der Waals surface area contributed by atoms with Crippen LogP contribution in [0, 0.1) is 13.8 Å². The quantitative estimate of drug-likeness (QED) is 0.246. The molecule has 2 rings (SSSR count). The summed E-state index contributed by atoms with van der Waals surface area (Å²) >= 11 is 1.48. The average molecular weight is 389 g/mol. The highest BCUT2D eigenvalue weighted by Gasteiger charge is 2.08. The summed E-state index contributed by atoms with van der Waals surface area (Å²) in [6, 6.07) is 4.22. The Morgan fingerprint density at radius 3 is 2.63 bits per heavy atom. The van der Waals surface area contributed by atoms with Gasteiger partial charge in [0.2, 0.25) is 0 Å². The summed E-state index contributed by atoms with van der Waals surface area (Å²) in [5.41, 5.74) is 5.41. The first-order valence-electron chi connectivity index (χ1n) is 9.05. The van der Waals surface area contributed by atoms with Gasteiger partial charge in [-0.3, -0.25) is 0 Å². The molecule has 1 aromatic carbocycles. The van der Waals surface area contributed by atoms with Gasteiger partial charge >= 0.3 is 0 Å². The molecule has 0 unspecified atom stereocenters. The topological polar surface area (TPSA) is 52.9 Å². The number of hydrogen-bond acceptors (Lipinski definition) is 6. The Morgan fingerprint density at radius 2 is 1.96 bits per heavy atom. The molecule has 0 saturated carbocycles. The molecule has 6 heteroatoms. The van der Waals surface area contributed by atoms with E-state index in [4.69, 9.17) is 14.3 Å². The number of ether oxygens (including phenoxy) is 2. The van der Waals surface area contributed by atoms with Crippen LogP contribution in [0.15, 0.2) is 34.8 Å². The van der Waals surface area contributed by atoms with Gasteiger partial charge in [-0.2, -0.15) is 0 Å². The van der Waals surface area contributed by atoms with E-state index in [0.717, 1.165) is 30.0 Å². The lowest BCUT2D eigenvalue weighted by molar-refractivity contribution is 0.213. The molecule has 0 fully saturated rings. The summed E-state index contributed by atoms with van der Waals surface area (Å²) in [6.45, 7) is 9.36. The highest BCUT2D eigenvalue weighted by atomic mass is 32.1. The molecule has 5 nitrogen and oxygen atoms in total. The SMILES string of the molecule is C/C=C/COc1cc(C)c(CCCOc2nc(C(C)=NOC)cs2)c(C)c1. The van der Waals surface area contributed by atoms with Crippen molar-refractivity contribution < 1.29 is 14.3 Å². The molecular weight excluding hydrogens is 360 g/mol. The molecule has 2 aromatic rings. The fraction of sp³-hybridized carbons (Fsp3) is 0.429. The van der Waals surface area contributed by atoms with Crippen LogP contribution in [0.3, 0.4) is 0 Å². The van der Waals surface area contributed by atoms with Gasteiger partial charge in [0.1, 0.15) is 30.9 Å². The predicted molar refractivity (Wildman–Crippen MR) is 111 cm³/mol. The van der Waals surface area contributed by atoms with Crippen LogP contribution in [-0.2, 0) is 11.3 Å². The van der Waals surface area contributed by atoms with Gasteiger partial charge in [0.05, 0.1) is 6.61 Å². The number of nitrogens with zero attached hydrogens (tertiary/aromatic N) is 2. The van der Waals surface area contributed by atoms with Crippen molar-refractivity contribution in [1.82, 2.24) is 4.98 Å². The third kappa shape index (κ3) is 6.40. The summed E-state index contributed by atoms with van der Waals surface area (Å²) < 4.78 is 11.5. The Balaban J connectivity index is 1.85. The fourth-order valence-electron chi connectivity index (χ4n) is 2.75. The average Bonchev–Trinajstić information content (AvgIpc) is 3.10. The van der Waals surface area contributed by atoms with Gasteiger partial charge in [-0.1, -0.05) is 28.6 Å². The summed E-state index contributed by atoms with van der Waals surface area (Å²) in [6.07, 6.45) is 5.89. The Kier molecular flexibility index (Phi) is 8.33. The third-order valence-corrected chi connectivity index (χ3v) is 4.88. The molecule has 0 bridgehead atoms. The Bertz CT molecular complexity index is 773. The lowest BCUT2D eigenvalue weighted by Crippen LogP contribution is -2.03. The van der Waals surface area contributed by atoms with Crippen molar-refractivity contribution in [2.75, 3.05) is 20.3 Å². The Labute approximate surface area is 165 Å². The van der Waals surface area contributed by atoms with E-state index >= 15 is 0 Å². The number of hydrogen-bond donors (Lipinski definition) is 0. The van der Waals surface area contributed by atoms with Crippen molar-refractivity contribution >= 4 is 17.0 Å². The monoisotopic (exact) mass is 388 g/mol. The van der Waals surface area contributed by atoms with Crippen LogP contribution >= 0.6 is 11.3 Å². The number of thiazole rings is 1. The van der Waals surface area contributed by atoms with E-state index in [1.165, 1.54) is 35.1 Å². The maximum absolute atomic E-state index is 5.78.